The van der Waals surface area contributed by atoms with Crippen molar-refractivity contribution in [3.8, 4) is 0 Å². The highest BCUT2D eigenvalue weighted by Crippen LogP contribution is 2.39. The van der Waals surface area contributed by atoms with Gasteiger partial charge in [-0.2, -0.15) is 0 Å². The number of ether oxygens (including phenoxy) is 4. The lowest BCUT2D eigenvalue weighted by Crippen LogP contribution is -2.58. The Labute approximate surface area is 168 Å². The smallest absolute Gasteiger partial charge is 0.184 e. The van der Waals surface area contributed by atoms with E-state index < -0.39 is 49.4 Å². The van der Waals surface area contributed by atoms with E-state index in [0.717, 1.165) is 16.7 Å². The van der Waals surface area contributed by atoms with Crippen LogP contribution < -0.4 is 0 Å². The zero-order valence-corrected chi connectivity index (χ0v) is 16.3. The zero-order valence-electron chi connectivity index (χ0n) is 16.3. The van der Waals surface area contributed by atoms with E-state index in [1.807, 2.05) is 32.0 Å². The van der Waals surface area contributed by atoms with Gasteiger partial charge in [-0.05, 0) is 37.1 Å². The van der Waals surface area contributed by atoms with Gasteiger partial charge < -0.3 is 29.2 Å². The molecular formula is C22H25FO6. The minimum Gasteiger partial charge on any atom is -0.394 e. The number of fused-ring (bicyclic) bond motifs is 1. The molecule has 156 valence electrons. The second-order valence-electron chi connectivity index (χ2n) is 7.52. The largest absolute Gasteiger partial charge is 0.394 e. The van der Waals surface area contributed by atoms with Crippen LogP contribution in [0.25, 0.3) is 0 Å². The average molecular weight is 404 g/mol. The molecule has 2 N–H and O–H groups in total. The van der Waals surface area contributed by atoms with Crippen molar-refractivity contribution < 1.29 is 33.6 Å². The summed E-state index contributed by atoms with van der Waals surface area (Å²) in [5, 5.41) is 19.9. The van der Waals surface area contributed by atoms with Gasteiger partial charge in [-0.1, -0.05) is 30.3 Å². The number of aryl methyl sites for hydroxylation is 2. The molecular weight excluding hydrogens is 379 g/mol. The third-order valence-electron chi connectivity index (χ3n) is 5.45. The van der Waals surface area contributed by atoms with E-state index >= 15 is 0 Å². The van der Waals surface area contributed by atoms with E-state index in [1.165, 1.54) is 12.1 Å². The third kappa shape index (κ3) is 4.21. The van der Waals surface area contributed by atoms with Crippen molar-refractivity contribution in [1.82, 2.24) is 0 Å². The first-order valence-corrected chi connectivity index (χ1v) is 9.66. The number of hydrogen-bond acceptors (Lipinski definition) is 6. The molecule has 2 heterocycles. The summed E-state index contributed by atoms with van der Waals surface area (Å²) >= 11 is 0. The van der Waals surface area contributed by atoms with Crippen molar-refractivity contribution in [1.29, 1.82) is 0 Å². The van der Waals surface area contributed by atoms with Crippen LogP contribution in [0.1, 0.15) is 34.8 Å². The van der Waals surface area contributed by atoms with Crippen molar-refractivity contribution >= 4 is 0 Å². The Morgan fingerprint density at radius 1 is 1.00 bits per heavy atom. The summed E-state index contributed by atoms with van der Waals surface area (Å²) in [4.78, 5) is 0. The molecule has 6 nitrogen and oxygen atoms in total. The number of aliphatic hydroxyl groups excluding tert-OH is 2. The van der Waals surface area contributed by atoms with E-state index in [-0.39, 0.29) is 6.61 Å². The summed E-state index contributed by atoms with van der Waals surface area (Å²) in [5.41, 5.74) is 3.58. The first-order valence-electron chi connectivity index (χ1n) is 9.66. The van der Waals surface area contributed by atoms with Crippen LogP contribution in [0.3, 0.4) is 0 Å². The Kier molecular flexibility index (Phi) is 5.96. The molecule has 2 aliphatic heterocycles. The normalized spacial score (nSPS) is 30.6. The van der Waals surface area contributed by atoms with Crippen LogP contribution in [0.15, 0.2) is 42.5 Å². The van der Waals surface area contributed by atoms with Crippen LogP contribution in [0, 0.1) is 19.7 Å². The van der Waals surface area contributed by atoms with Gasteiger partial charge >= 0.3 is 0 Å². The fourth-order valence-corrected chi connectivity index (χ4v) is 3.67. The summed E-state index contributed by atoms with van der Waals surface area (Å²) in [7, 11) is 0. The van der Waals surface area contributed by atoms with Crippen molar-refractivity contribution in [2.24, 2.45) is 0 Å². The minimum absolute atomic E-state index is 0.186. The maximum absolute atomic E-state index is 13.6. The Balaban J connectivity index is 1.57. The maximum atomic E-state index is 13.6. The van der Waals surface area contributed by atoms with Crippen LogP contribution in [0.4, 0.5) is 4.39 Å². The van der Waals surface area contributed by atoms with E-state index in [4.69, 9.17) is 18.9 Å². The summed E-state index contributed by atoms with van der Waals surface area (Å²) in [6, 6.07) is 11.8. The summed E-state index contributed by atoms with van der Waals surface area (Å²) < 4.78 is 37.4. The highest BCUT2D eigenvalue weighted by atomic mass is 19.1. The molecule has 2 fully saturated rings. The van der Waals surface area contributed by atoms with E-state index in [1.54, 1.807) is 12.1 Å². The van der Waals surface area contributed by atoms with Gasteiger partial charge in [0.2, 0.25) is 0 Å². The van der Waals surface area contributed by atoms with E-state index in [2.05, 4.69) is 0 Å². The van der Waals surface area contributed by atoms with Gasteiger partial charge in [-0.25, -0.2) is 4.39 Å². The SMILES string of the molecule is Cc1ccc(C2OC3COC(c4cccc(F)c4)OC3C(C(O)CO)O2)cc1C. The predicted molar refractivity (Wildman–Crippen MR) is 101 cm³/mol. The predicted octanol–water partition coefficient (Wildman–Crippen LogP) is 2.69. The quantitative estimate of drug-likeness (QED) is 0.816. The standard InChI is InChI=1S/C22H25FO6/c1-12-6-7-15(8-13(12)2)22-27-18-11-26-21(14-4-3-5-16(23)9-14)29-20(18)19(28-22)17(25)10-24/h3-9,17-22,24-25H,10-11H2,1-2H3. The van der Waals surface area contributed by atoms with Crippen LogP contribution in [0.2, 0.25) is 0 Å². The molecule has 0 aromatic heterocycles. The summed E-state index contributed by atoms with van der Waals surface area (Å²) in [6.45, 7) is 3.72. The van der Waals surface area contributed by atoms with Gasteiger partial charge in [0.25, 0.3) is 0 Å². The van der Waals surface area contributed by atoms with Crippen LogP contribution in [0.5, 0.6) is 0 Å². The molecule has 0 spiro atoms. The Bertz CT molecular complexity index is 859. The Morgan fingerprint density at radius 2 is 1.79 bits per heavy atom. The van der Waals surface area contributed by atoms with Gasteiger partial charge in [0.1, 0.15) is 30.2 Å². The molecule has 2 aromatic carbocycles. The minimum atomic E-state index is -1.16. The number of hydrogen-bond donors (Lipinski definition) is 2. The van der Waals surface area contributed by atoms with Crippen LogP contribution >= 0.6 is 0 Å². The third-order valence-corrected chi connectivity index (χ3v) is 5.45. The molecule has 6 unspecified atom stereocenters. The molecule has 2 saturated heterocycles. The van der Waals surface area contributed by atoms with E-state index in [9.17, 15) is 14.6 Å². The molecule has 0 bridgehead atoms. The highest BCUT2D eigenvalue weighted by molar-refractivity contribution is 5.31. The van der Waals surface area contributed by atoms with Gasteiger partial charge in [-0.15, -0.1) is 0 Å². The van der Waals surface area contributed by atoms with Crippen LogP contribution in [-0.2, 0) is 18.9 Å². The number of halogens is 1. The molecule has 0 amide bonds. The highest BCUT2D eigenvalue weighted by Gasteiger charge is 2.48. The first kappa shape index (κ1) is 20.4. The van der Waals surface area contributed by atoms with Gasteiger partial charge in [-0.3, -0.25) is 0 Å². The average Bonchev–Trinajstić information content (AvgIpc) is 2.74. The molecule has 0 saturated carbocycles. The Hall–Kier alpha value is -1.87. The van der Waals surface area contributed by atoms with Crippen molar-refractivity contribution in [3.05, 3.63) is 70.5 Å². The zero-order chi connectivity index (χ0) is 20.5. The van der Waals surface area contributed by atoms with Crippen molar-refractivity contribution in [2.45, 2.75) is 50.8 Å². The second-order valence-corrected chi connectivity index (χ2v) is 7.52. The van der Waals surface area contributed by atoms with Crippen molar-refractivity contribution in [3.63, 3.8) is 0 Å². The summed E-state index contributed by atoms with van der Waals surface area (Å²) in [6.07, 6.45) is -4.71. The van der Waals surface area contributed by atoms with Gasteiger partial charge in [0.15, 0.2) is 12.6 Å². The van der Waals surface area contributed by atoms with Gasteiger partial charge in [0.05, 0.1) is 13.2 Å². The molecule has 29 heavy (non-hydrogen) atoms. The molecule has 7 heteroatoms. The Morgan fingerprint density at radius 3 is 2.52 bits per heavy atom. The fraction of sp³-hybridized carbons (Fsp3) is 0.455. The summed E-state index contributed by atoms with van der Waals surface area (Å²) in [5.74, 6) is -0.394. The number of benzene rings is 2. The first-order chi connectivity index (χ1) is 14.0. The number of aliphatic hydroxyl groups is 2. The van der Waals surface area contributed by atoms with Crippen LogP contribution in [-0.4, -0.2) is 47.8 Å². The lowest BCUT2D eigenvalue weighted by Gasteiger charge is -2.47. The molecule has 0 aliphatic carbocycles. The topological polar surface area (TPSA) is 77.4 Å². The monoisotopic (exact) mass is 404 g/mol. The van der Waals surface area contributed by atoms with E-state index in [0.29, 0.717) is 5.56 Å². The molecule has 0 radical (unpaired) electrons. The lowest BCUT2D eigenvalue weighted by atomic mass is 9.99. The lowest BCUT2D eigenvalue weighted by molar-refractivity contribution is -0.373. The molecule has 2 aliphatic rings. The molecule has 4 rings (SSSR count). The fourth-order valence-electron chi connectivity index (χ4n) is 3.67. The van der Waals surface area contributed by atoms with Crippen molar-refractivity contribution in [2.75, 3.05) is 13.2 Å². The molecule has 6 atom stereocenters. The molecule has 2 aromatic rings. The second kappa shape index (κ2) is 8.47. The number of rotatable bonds is 4. The van der Waals surface area contributed by atoms with Gasteiger partial charge in [0, 0.05) is 11.1 Å². The maximum Gasteiger partial charge on any atom is 0.184 e.